The van der Waals surface area contributed by atoms with Crippen LogP contribution in [-0.4, -0.2) is 17.4 Å². The molecule has 0 saturated heterocycles. The average molecular weight is 548 g/mol. The Labute approximate surface area is 210 Å². The first-order chi connectivity index (χ1) is 15.6. The Morgan fingerprint density at radius 1 is 0.906 bits per heavy atom. The molecule has 0 spiro atoms. The van der Waals surface area contributed by atoms with Crippen molar-refractivity contribution in [3.8, 4) is 16.9 Å². The summed E-state index contributed by atoms with van der Waals surface area (Å²) in [5.41, 5.74) is 4.78. The van der Waals surface area contributed by atoms with E-state index in [0.29, 0.717) is 11.8 Å². The quantitative estimate of drug-likeness (QED) is 0.388. The van der Waals surface area contributed by atoms with Gasteiger partial charge in [0.1, 0.15) is 5.75 Å². The molecule has 0 radical (unpaired) electrons. The molecule has 5 aliphatic rings. The van der Waals surface area contributed by atoms with Crippen molar-refractivity contribution in [3.63, 3.8) is 0 Å². The molecule has 0 aromatic heterocycles. The van der Waals surface area contributed by atoms with Gasteiger partial charge in [-0.25, -0.2) is 0 Å². The Balaban J connectivity index is 0.000000684. The van der Waals surface area contributed by atoms with E-state index in [-0.39, 0.29) is 5.41 Å². The predicted molar refractivity (Wildman–Crippen MR) is 130 cm³/mol. The van der Waals surface area contributed by atoms with Crippen molar-refractivity contribution in [3.05, 3.63) is 53.6 Å². The molecular formula is C27H31Cl2NOZr. The van der Waals surface area contributed by atoms with Gasteiger partial charge in [-0.1, -0.05) is 30.3 Å². The summed E-state index contributed by atoms with van der Waals surface area (Å²) in [5, 5.41) is 11.4. The number of aliphatic imine (C=N–C) groups is 1. The summed E-state index contributed by atoms with van der Waals surface area (Å²) >= 11 is -0.826. The molecule has 1 N–H and O–H groups in total. The Bertz CT molecular complexity index is 938. The number of hydrogen-bond donors (Lipinski definition) is 1. The van der Waals surface area contributed by atoms with Crippen LogP contribution in [-0.2, 0) is 26.3 Å². The molecule has 0 heterocycles. The molecule has 0 amide bonds. The molecule has 4 bridgehead atoms. The molecule has 0 unspecified atom stereocenters. The zero-order valence-electron chi connectivity index (χ0n) is 18.4. The molecule has 2 aromatic rings. The fourth-order valence-corrected chi connectivity index (χ4v) is 7.12. The number of phenols is 1. The van der Waals surface area contributed by atoms with E-state index in [0.717, 1.165) is 23.3 Å². The first-order valence-corrected chi connectivity index (χ1v) is 18.4. The number of hydrogen-bond acceptors (Lipinski definition) is 2. The molecular weight excluding hydrogens is 516 g/mol. The summed E-state index contributed by atoms with van der Waals surface area (Å²) in [4.78, 5) is 4.80. The average Bonchev–Trinajstić information content (AvgIpc) is 2.74. The van der Waals surface area contributed by atoms with Crippen LogP contribution in [0.3, 0.4) is 0 Å². The maximum atomic E-state index is 11.4. The van der Waals surface area contributed by atoms with Gasteiger partial charge in [0, 0.05) is 23.4 Å². The van der Waals surface area contributed by atoms with Gasteiger partial charge < -0.3 is 5.11 Å². The molecule has 2 nitrogen and oxygen atoms in total. The molecule has 0 atom stereocenters. The van der Waals surface area contributed by atoms with E-state index in [1.807, 2.05) is 6.21 Å². The third kappa shape index (κ3) is 4.64. The van der Waals surface area contributed by atoms with Crippen molar-refractivity contribution in [1.82, 2.24) is 0 Å². The molecule has 2 aromatic carbocycles. The van der Waals surface area contributed by atoms with Crippen molar-refractivity contribution in [2.75, 3.05) is 0 Å². The topological polar surface area (TPSA) is 32.6 Å². The van der Waals surface area contributed by atoms with Crippen LogP contribution < -0.4 is 0 Å². The van der Waals surface area contributed by atoms with E-state index in [2.05, 4.69) is 42.5 Å². The Hall–Kier alpha value is -0.627. The van der Waals surface area contributed by atoms with Gasteiger partial charge in [-0.2, -0.15) is 0 Å². The first kappa shape index (κ1) is 23.1. The normalized spacial score (nSPS) is 30.6. The summed E-state index contributed by atoms with van der Waals surface area (Å²) in [6.45, 7) is 0. The van der Waals surface area contributed by atoms with Crippen LogP contribution in [0.1, 0.15) is 68.9 Å². The van der Waals surface area contributed by atoms with E-state index in [1.165, 1.54) is 74.5 Å². The van der Waals surface area contributed by atoms with Crippen molar-refractivity contribution in [1.29, 1.82) is 0 Å². The van der Waals surface area contributed by atoms with Gasteiger partial charge in [-0.15, -0.1) is 0 Å². The minimum absolute atomic E-state index is 0.183. The number of rotatable bonds is 4. The van der Waals surface area contributed by atoms with E-state index in [4.69, 9.17) is 22.0 Å². The number of benzene rings is 2. The Morgan fingerprint density at radius 3 is 2.03 bits per heavy atom. The van der Waals surface area contributed by atoms with Crippen LogP contribution >= 0.6 is 17.0 Å². The van der Waals surface area contributed by atoms with Crippen LogP contribution in [0.25, 0.3) is 11.1 Å². The molecule has 32 heavy (non-hydrogen) atoms. The first-order valence-electron chi connectivity index (χ1n) is 12.0. The molecule has 0 aliphatic heterocycles. The van der Waals surface area contributed by atoms with Crippen LogP contribution in [0.4, 0.5) is 0 Å². The van der Waals surface area contributed by atoms with Gasteiger partial charge in [0.15, 0.2) is 0 Å². The van der Waals surface area contributed by atoms with E-state index < -0.39 is 20.8 Å². The molecule has 7 rings (SSSR count). The maximum absolute atomic E-state index is 11.4. The van der Waals surface area contributed by atoms with Gasteiger partial charge >= 0.3 is 37.9 Å². The zero-order chi connectivity index (χ0) is 22.1. The molecule has 5 heteroatoms. The molecule has 5 aliphatic carbocycles. The van der Waals surface area contributed by atoms with E-state index in [1.54, 1.807) is 0 Å². The molecule has 168 valence electrons. The van der Waals surface area contributed by atoms with Gasteiger partial charge in [0.2, 0.25) is 0 Å². The van der Waals surface area contributed by atoms with Crippen LogP contribution in [0.15, 0.2) is 47.5 Å². The van der Waals surface area contributed by atoms with Crippen LogP contribution in [0.2, 0.25) is 0 Å². The fourth-order valence-electron chi connectivity index (χ4n) is 7.12. The van der Waals surface area contributed by atoms with Gasteiger partial charge in [-0.05, 0) is 104 Å². The summed E-state index contributed by atoms with van der Waals surface area (Å²) in [7, 11) is 9.87. The van der Waals surface area contributed by atoms with Crippen LogP contribution in [0.5, 0.6) is 5.75 Å². The van der Waals surface area contributed by atoms with E-state index >= 15 is 0 Å². The van der Waals surface area contributed by atoms with Gasteiger partial charge in [0.05, 0.1) is 0 Å². The second-order valence-corrected chi connectivity index (χ2v) is 14.2. The van der Waals surface area contributed by atoms with Gasteiger partial charge in [0.25, 0.3) is 0 Å². The third-order valence-corrected chi connectivity index (χ3v) is 8.36. The Kier molecular flexibility index (Phi) is 7.18. The summed E-state index contributed by atoms with van der Waals surface area (Å²) < 4.78 is 0. The monoisotopic (exact) mass is 545 g/mol. The van der Waals surface area contributed by atoms with Crippen molar-refractivity contribution in [2.24, 2.45) is 22.7 Å². The van der Waals surface area contributed by atoms with Crippen molar-refractivity contribution in [2.45, 2.75) is 69.2 Å². The Morgan fingerprint density at radius 2 is 1.50 bits per heavy atom. The summed E-state index contributed by atoms with van der Waals surface area (Å²) in [6.07, 6.45) is 13.7. The van der Waals surface area contributed by atoms with Crippen molar-refractivity contribution < 1.29 is 26.0 Å². The molecule has 5 saturated carbocycles. The van der Waals surface area contributed by atoms with Crippen molar-refractivity contribution >= 4 is 23.2 Å². The number of nitrogens with zero attached hydrogens (tertiary/aromatic N) is 1. The number of halogens is 2. The summed E-state index contributed by atoms with van der Waals surface area (Å²) in [6, 6.07) is 15.6. The summed E-state index contributed by atoms with van der Waals surface area (Å²) in [5.74, 6) is 3.11. The fraction of sp³-hybridized carbons (Fsp3) is 0.519. The van der Waals surface area contributed by atoms with Crippen LogP contribution in [0, 0.1) is 17.8 Å². The SMILES string of the molecule is Oc1c(C=NC2CCC2)cc(-c2ccccc2)cc1C12CC3CC(CC(C3)C1)C2.[Cl][Zr][Cl]. The predicted octanol–water partition coefficient (Wildman–Crippen LogP) is 7.87. The molecule has 5 fully saturated rings. The minimum atomic E-state index is -0.826. The van der Waals surface area contributed by atoms with Gasteiger partial charge in [-0.3, -0.25) is 4.99 Å². The number of aromatic hydroxyl groups is 1. The number of phenolic OH excluding ortho intramolecular Hbond substituents is 1. The standard InChI is InChI=1S/C27H31NO.2ClH.Zr/c29-26-23(17-28-24-7-4-8-24)12-22(21-5-2-1-3-6-21)13-25(26)27-14-18-9-19(15-27)11-20(10-18)16-27;;;/h1-3,5-6,12-13,17-20,24,29H,4,7-11,14-16H2;2*1H;/q;;;+2/p-2. The second-order valence-electron chi connectivity index (χ2n) is 10.5. The zero-order valence-corrected chi connectivity index (χ0v) is 22.4. The van der Waals surface area contributed by atoms with E-state index in [9.17, 15) is 5.11 Å². The third-order valence-electron chi connectivity index (χ3n) is 8.36. The second kappa shape index (κ2) is 9.93.